The summed E-state index contributed by atoms with van der Waals surface area (Å²) in [6.45, 7) is 4.86. The number of nitrogens with zero attached hydrogens (tertiary/aromatic N) is 1. The van der Waals surface area contributed by atoms with Crippen LogP contribution >= 0.6 is 11.8 Å². The Morgan fingerprint density at radius 1 is 1.37 bits per heavy atom. The first-order chi connectivity index (χ1) is 9.12. The minimum Gasteiger partial charge on any atom is -0.320 e. The van der Waals surface area contributed by atoms with Crippen molar-refractivity contribution in [3.63, 3.8) is 0 Å². The normalized spacial score (nSPS) is 27.0. The average Bonchev–Trinajstić information content (AvgIpc) is 2.71. The van der Waals surface area contributed by atoms with Gasteiger partial charge in [0.15, 0.2) is 0 Å². The third-order valence-electron chi connectivity index (χ3n) is 3.86. The van der Waals surface area contributed by atoms with Crippen molar-refractivity contribution in [2.24, 2.45) is 0 Å². The molecule has 1 aromatic rings. The molecule has 0 bridgehead atoms. The number of thioether (sulfide) groups is 1. The maximum absolute atomic E-state index is 12.6. The zero-order chi connectivity index (χ0) is 13.9. The first-order valence-corrected chi connectivity index (χ1v) is 8.14. The van der Waals surface area contributed by atoms with E-state index >= 15 is 0 Å². The lowest BCUT2D eigenvalue weighted by atomic mass is 9.99. The first kappa shape index (κ1) is 14.4. The van der Waals surface area contributed by atoms with E-state index in [9.17, 15) is 4.79 Å². The second-order valence-electron chi connectivity index (χ2n) is 5.13. The summed E-state index contributed by atoms with van der Waals surface area (Å²) in [6.07, 6.45) is 2.89. The van der Waals surface area contributed by atoms with Gasteiger partial charge in [-0.15, -0.1) is 0 Å². The Labute approximate surface area is 119 Å². The van der Waals surface area contributed by atoms with Crippen LogP contribution in [0, 0.1) is 0 Å². The summed E-state index contributed by atoms with van der Waals surface area (Å²) in [4.78, 5) is 14.6. The van der Waals surface area contributed by atoms with Crippen LogP contribution in [0.4, 0.5) is 0 Å². The highest BCUT2D eigenvalue weighted by Gasteiger charge is 2.46. The van der Waals surface area contributed by atoms with E-state index in [-0.39, 0.29) is 12.1 Å². The molecule has 1 aliphatic heterocycles. The van der Waals surface area contributed by atoms with Crippen molar-refractivity contribution >= 4 is 17.7 Å². The Kier molecular flexibility index (Phi) is 4.53. The molecule has 0 spiro atoms. The van der Waals surface area contributed by atoms with E-state index in [0.717, 1.165) is 24.3 Å². The van der Waals surface area contributed by atoms with E-state index in [1.165, 1.54) is 0 Å². The Hall–Kier alpha value is -1.00. The van der Waals surface area contributed by atoms with Crippen LogP contribution in [0.15, 0.2) is 30.3 Å². The van der Waals surface area contributed by atoms with Gasteiger partial charge >= 0.3 is 0 Å². The maximum atomic E-state index is 12.6. The molecule has 0 saturated carbocycles. The number of rotatable bonds is 5. The van der Waals surface area contributed by atoms with Gasteiger partial charge in [-0.05, 0) is 25.2 Å². The zero-order valence-corrected chi connectivity index (χ0v) is 12.7. The van der Waals surface area contributed by atoms with Crippen LogP contribution in [0.1, 0.15) is 32.0 Å². The zero-order valence-electron chi connectivity index (χ0n) is 11.8. The topological polar surface area (TPSA) is 32.3 Å². The monoisotopic (exact) mass is 278 g/mol. The van der Waals surface area contributed by atoms with Crippen LogP contribution < -0.4 is 5.32 Å². The van der Waals surface area contributed by atoms with Crippen LogP contribution in [0.25, 0.3) is 0 Å². The van der Waals surface area contributed by atoms with Crippen molar-refractivity contribution in [2.75, 3.05) is 18.6 Å². The third-order valence-corrected chi connectivity index (χ3v) is 4.45. The van der Waals surface area contributed by atoms with Gasteiger partial charge in [-0.25, -0.2) is 0 Å². The molecule has 19 heavy (non-hydrogen) atoms. The first-order valence-electron chi connectivity index (χ1n) is 6.75. The van der Waals surface area contributed by atoms with Crippen molar-refractivity contribution in [3.05, 3.63) is 35.9 Å². The Morgan fingerprint density at radius 2 is 2.05 bits per heavy atom. The molecule has 2 unspecified atom stereocenters. The van der Waals surface area contributed by atoms with E-state index in [2.05, 4.69) is 30.6 Å². The van der Waals surface area contributed by atoms with Gasteiger partial charge in [0.2, 0.25) is 5.91 Å². The Bertz CT molecular complexity index is 437. The van der Waals surface area contributed by atoms with E-state index in [1.54, 1.807) is 11.8 Å². The second-order valence-corrected chi connectivity index (χ2v) is 6.12. The summed E-state index contributed by atoms with van der Waals surface area (Å²) < 4.78 is 0. The lowest BCUT2D eigenvalue weighted by molar-refractivity contribution is -0.132. The quantitative estimate of drug-likeness (QED) is 0.898. The van der Waals surface area contributed by atoms with Crippen LogP contribution in [0.5, 0.6) is 0 Å². The molecule has 1 aliphatic rings. The van der Waals surface area contributed by atoms with Gasteiger partial charge in [0.25, 0.3) is 0 Å². The van der Waals surface area contributed by atoms with Crippen molar-refractivity contribution < 1.29 is 4.79 Å². The lowest BCUT2D eigenvalue weighted by Gasteiger charge is -2.24. The second kappa shape index (κ2) is 5.97. The van der Waals surface area contributed by atoms with Crippen molar-refractivity contribution in [1.82, 2.24) is 10.2 Å². The molecule has 104 valence electrons. The number of amides is 1. The average molecular weight is 278 g/mol. The van der Waals surface area contributed by atoms with Gasteiger partial charge in [-0.2, -0.15) is 11.8 Å². The van der Waals surface area contributed by atoms with Gasteiger partial charge in [-0.1, -0.05) is 37.3 Å². The van der Waals surface area contributed by atoms with E-state index in [1.807, 2.05) is 30.0 Å². The summed E-state index contributed by atoms with van der Waals surface area (Å²) in [5.41, 5.74) is 0.730. The minimum atomic E-state index is -0.432. The van der Waals surface area contributed by atoms with Crippen LogP contribution in [-0.2, 0) is 4.79 Å². The van der Waals surface area contributed by atoms with Gasteiger partial charge in [-0.3, -0.25) is 10.1 Å². The minimum absolute atomic E-state index is 0.00537. The highest BCUT2D eigenvalue weighted by Crippen LogP contribution is 2.32. The lowest BCUT2D eigenvalue weighted by Crippen LogP contribution is -2.43. The van der Waals surface area contributed by atoms with Gasteiger partial charge in [0.1, 0.15) is 6.17 Å². The number of nitrogens with one attached hydrogen (secondary N) is 1. The van der Waals surface area contributed by atoms with Crippen LogP contribution in [0.2, 0.25) is 0 Å². The van der Waals surface area contributed by atoms with Crippen molar-refractivity contribution in [3.8, 4) is 0 Å². The fraction of sp³-hybridized carbons (Fsp3) is 0.533. The Balaban J connectivity index is 2.27. The molecule has 1 amide bonds. The smallest absolute Gasteiger partial charge is 0.244 e. The number of hydrogen-bond acceptors (Lipinski definition) is 3. The molecule has 1 aromatic carbocycles. The molecule has 0 radical (unpaired) electrons. The summed E-state index contributed by atoms with van der Waals surface area (Å²) in [5.74, 6) is 1.19. The number of hydrogen-bond donors (Lipinski definition) is 1. The fourth-order valence-electron chi connectivity index (χ4n) is 2.45. The largest absolute Gasteiger partial charge is 0.320 e. The van der Waals surface area contributed by atoms with E-state index in [4.69, 9.17) is 0 Å². The van der Waals surface area contributed by atoms with E-state index in [0.29, 0.717) is 0 Å². The number of benzene rings is 1. The molecule has 0 aliphatic carbocycles. The molecule has 1 saturated heterocycles. The molecular weight excluding hydrogens is 256 g/mol. The molecule has 1 fully saturated rings. The van der Waals surface area contributed by atoms with E-state index < -0.39 is 5.54 Å². The van der Waals surface area contributed by atoms with Gasteiger partial charge in [0, 0.05) is 12.3 Å². The predicted octanol–water partition coefficient (Wildman–Crippen LogP) is 2.65. The fourth-order valence-corrected chi connectivity index (χ4v) is 2.83. The molecule has 2 atom stereocenters. The third kappa shape index (κ3) is 2.79. The molecular formula is C15H22N2OS. The summed E-state index contributed by atoms with van der Waals surface area (Å²) in [6, 6.07) is 10.2. The molecule has 1 heterocycles. The summed E-state index contributed by atoms with van der Waals surface area (Å²) in [7, 11) is 0. The maximum Gasteiger partial charge on any atom is 0.244 e. The highest BCUT2D eigenvalue weighted by atomic mass is 32.2. The standard InChI is InChI=1S/C15H22N2OS/c1-4-15(2)14(18)17(10-11-19-3)13(16-15)12-8-6-5-7-9-12/h5-9,13,16H,4,10-11H2,1-3H3. The predicted molar refractivity (Wildman–Crippen MR) is 81.1 cm³/mol. The van der Waals surface area contributed by atoms with Crippen molar-refractivity contribution in [2.45, 2.75) is 32.0 Å². The molecule has 2 rings (SSSR count). The molecule has 0 aromatic heterocycles. The highest BCUT2D eigenvalue weighted by molar-refractivity contribution is 7.98. The van der Waals surface area contributed by atoms with Crippen molar-refractivity contribution in [1.29, 1.82) is 0 Å². The molecule has 4 heteroatoms. The summed E-state index contributed by atoms with van der Waals surface area (Å²) >= 11 is 1.77. The van der Waals surface area contributed by atoms with Gasteiger partial charge < -0.3 is 4.90 Å². The molecule has 3 nitrogen and oxygen atoms in total. The SMILES string of the molecule is CCC1(C)NC(c2ccccc2)N(CCSC)C1=O. The Morgan fingerprint density at radius 3 is 2.63 bits per heavy atom. The summed E-state index contributed by atoms with van der Waals surface area (Å²) in [5, 5.41) is 3.51. The number of carbonyl (C=O) groups excluding carboxylic acids is 1. The van der Waals surface area contributed by atoms with Crippen LogP contribution in [0.3, 0.4) is 0 Å². The van der Waals surface area contributed by atoms with Gasteiger partial charge in [0.05, 0.1) is 5.54 Å². The van der Waals surface area contributed by atoms with Crippen LogP contribution in [-0.4, -0.2) is 34.9 Å². The molecule has 1 N–H and O–H groups in total. The number of carbonyl (C=O) groups is 1.